The molecule has 0 bridgehead atoms. The van der Waals surface area contributed by atoms with Crippen molar-refractivity contribution in [1.29, 1.82) is 0 Å². The van der Waals surface area contributed by atoms with Gasteiger partial charge in [-0.25, -0.2) is 8.78 Å². The van der Waals surface area contributed by atoms with E-state index in [-0.39, 0.29) is 65.4 Å². The van der Waals surface area contributed by atoms with Crippen LogP contribution >= 0.6 is 0 Å². The second-order valence-electron chi connectivity index (χ2n) is 17.8. The topological polar surface area (TPSA) is 148 Å². The Kier molecular flexibility index (Phi) is 31.7. The number of aldehydes is 1. The normalized spacial score (nSPS) is 23.2. The number of benzene rings is 3. The number of carbonyl (C=O) groups is 1. The van der Waals surface area contributed by atoms with Gasteiger partial charge in [0.05, 0.1) is 13.2 Å². The van der Waals surface area contributed by atoms with Gasteiger partial charge in [0, 0.05) is 35.2 Å². The summed E-state index contributed by atoms with van der Waals surface area (Å²) in [6, 6.07) is 14.6. The summed E-state index contributed by atoms with van der Waals surface area (Å²) in [5, 5.41) is 0. The summed E-state index contributed by atoms with van der Waals surface area (Å²) in [5.41, 5.74) is 2.62. The number of rotatable bonds is 11. The first kappa shape index (κ1) is 63.9. The number of carbonyl (C=O) groups excluding carboxylic acids is 1. The van der Waals surface area contributed by atoms with E-state index in [2.05, 4.69) is 31.2 Å². The molecule has 14 heteroatoms. The minimum Gasteiger partial charge on any atom is -0.768 e. The zero-order valence-electron chi connectivity index (χ0n) is 40.6. The van der Waals surface area contributed by atoms with Crippen molar-refractivity contribution in [3.05, 3.63) is 113 Å². The molecule has 2 saturated carbocycles. The molecule has 4 N–H and O–H groups in total. The summed E-state index contributed by atoms with van der Waals surface area (Å²) in [6.07, 6.45) is 27.4. The van der Waals surface area contributed by atoms with Crippen LogP contribution in [-0.4, -0.2) is 52.4 Å². The van der Waals surface area contributed by atoms with Gasteiger partial charge in [0.25, 0.3) is 0 Å². The molecule has 0 amide bonds. The van der Waals surface area contributed by atoms with Crippen molar-refractivity contribution in [3.63, 3.8) is 0 Å². The Morgan fingerprint density at radius 2 is 1.07 bits per heavy atom. The molecular weight excluding hydrogens is 920 g/mol. The first-order valence-electron chi connectivity index (χ1n) is 24.0. The molecule has 3 aromatic rings. The van der Waals surface area contributed by atoms with E-state index in [9.17, 15) is 31.1 Å². The minimum absolute atomic E-state index is 0. The first-order chi connectivity index (χ1) is 31.6. The van der Waals surface area contributed by atoms with Gasteiger partial charge in [0.1, 0.15) is 6.29 Å². The van der Waals surface area contributed by atoms with Crippen molar-refractivity contribution in [1.82, 2.24) is 0 Å². The molecule has 380 valence electrons. The van der Waals surface area contributed by atoms with Crippen molar-refractivity contribution in [2.75, 3.05) is 26.4 Å². The van der Waals surface area contributed by atoms with Gasteiger partial charge in [-0.3, -0.25) is 4.21 Å². The van der Waals surface area contributed by atoms with Crippen LogP contribution in [0.2, 0.25) is 0 Å². The Hall–Kier alpha value is -3.14. The third kappa shape index (κ3) is 19.4. The van der Waals surface area contributed by atoms with E-state index < -0.39 is 34.3 Å². The number of hydrogen-bond donors (Lipinski definition) is 0. The molecule has 1 aliphatic heterocycles. The molecule has 69 heavy (non-hydrogen) atoms. The quantitative estimate of drug-likeness (QED) is 0.0614. The fourth-order valence-corrected chi connectivity index (χ4v) is 10.4. The van der Waals surface area contributed by atoms with Crippen LogP contribution < -0.4 is 39.0 Å². The largest absolute Gasteiger partial charge is 1.00 e. The third-order valence-corrected chi connectivity index (χ3v) is 14.3. The maximum atomic E-state index is 14.4. The van der Waals surface area contributed by atoms with E-state index in [1.54, 1.807) is 62.4 Å². The third-order valence-electron chi connectivity index (χ3n) is 13.7. The van der Waals surface area contributed by atoms with Gasteiger partial charge in [-0.2, -0.15) is 8.78 Å². The molecule has 3 fully saturated rings. The smallest absolute Gasteiger partial charge is 0.768 e. The van der Waals surface area contributed by atoms with Gasteiger partial charge in [0.15, 0.2) is 23.1 Å². The molecule has 3 aromatic carbocycles. The maximum Gasteiger partial charge on any atom is 1.00 e. The molecule has 1 heterocycles. The van der Waals surface area contributed by atoms with Gasteiger partial charge in [-0.15, -0.1) is 0 Å². The molecule has 0 spiro atoms. The second kappa shape index (κ2) is 34.3. The molecule has 3 atom stereocenters. The Morgan fingerprint density at radius 1 is 0.638 bits per heavy atom. The van der Waals surface area contributed by atoms with Crippen molar-refractivity contribution in [2.24, 2.45) is 35.5 Å². The van der Waals surface area contributed by atoms with E-state index >= 15 is 0 Å². The van der Waals surface area contributed by atoms with Gasteiger partial charge in [0.2, 0.25) is 11.6 Å². The van der Waals surface area contributed by atoms with Crippen molar-refractivity contribution in [3.8, 4) is 11.5 Å². The van der Waals surface area contributed by atoms with E-state index in [1.165, 1.54) is 44.6 Å². The van der Waals surface area contributed by atoms with E-state index in [0.717, 1.165) is 107 Å². The standard InChI is InChI=1S/C23H30F2O.C21H26F2O2.C6H6O2S.C4H8O.CH4.Na.2H2O/c1-3-5-16-6-8-17(9-7-16)18-10-12-19(13-11-18)20-14-15-21(26-4-2)23(25)22(20)24;1-2-25-19-12-11-18(20(22)21(19)23)17-9-7-16(8-10-17)15-5-3-14(13-24)4-6-15;7-9(8)6-4-2-1-3-5-6;1-2-4-5-3-1;;;;/h3,5,12,14-18H,4,6-11,13H2,1-2H3;9,11-16H,2-8,10H2,1H3;1-5H,(H,7,8);1-4H2;1H4;;2*1H2/q;;;;;+1;;/p-1/b5-3+;;;;;;;. The zero-order chi connectivity index (χ0) is 46.6. The number of allylic oxidation sites excluding steroid dienone is 6. The average Bonchev–Trinajstić information content (AvgIpc) is 3.95. The molecule has 3 unspecified atom stereocenters. The summed E-state index contributed by atoms with van der Waals surface area (Å²) in [7, 11) is 0. The fourth-order valence-electron chi connectivity index (χ4n) is 10.0. The Bertz CT molecular complexity index is 2040. The molecule has 1 saturated heterocycles. The maximum absolute atomic E-state index is 14.4. The SMILES string of the molecule is C.C/C=C/C1CCC(C2CC=C(c3ccc(OCC)c(F)c3F)CC2)CC1.C1CCOC1.CCOc1ccc(C2=CCC(C3CCC(C=O)CC3)CC2)c(F)c1F.O.O.O=S([O-])c1ccccc1.[Na+]. The molecule has 0 radical (unpaired) electrons. The van der Waals surface area contributed by atoms with Crippen LogP contribution in [0.15, 0.2) is 83.8 Å². The second-order valence-corrected chi connectivity index (χ2v) is 18.7. The van der Waals surface area contributed by atoms with Crippen LogP contribution in [0.5, 0.6) is 11.5 Å². The van der Waals surface area contributed by atoms with Crippen molar-refractivity contribution >= 4 is 28.5 Å². The van der Waals surface area contributed by atoms with Crippen LogP contribution in [0.4, 0.5) is 17.6 Å². The van der Waals surface area contributed by atoms with Crippen molar-refractivity contribution < 1.29 is 85.8 Å². The summed E-state index contributed by atoms with van der Waals surface area (Å²) in [4.78, 5) is 11.2. The summed E-state index contributed by atoms with van der Waals surface area (Å²) in [5.74, 6) is 0.392. The van der Waals surface area contributed by atoms with Crippen molar-refractivity contribution in [2.45, 2.75) is 136 Å². The van der Waals surface area contributed by atoms with E-state index in [0.29, 0.717) is 47.0 Å². The van der Waals surface area contributed by atoms with Crippen LogP contribution in [0.25, 0.3) is 11.1 Å². The van der Waals surface area contributed by atoms with Crippen LogP contribution in [-0.2, 0) is 20.6 Å². The molecule has 8 nitrogen and oxygen atoms in total. The predicted octanol–water partition coefficient (Wildman–Crippen LogP) is 10.2. The summed E-state index contributed by atoms with van der Waals surface area (Å²) >= 11 is -2.08. The summed E-state index contributed by atoms with van der Waals surface area (Å²) in [6.45, 7) is 8.25. The fraction of sp³-hybridized carbons (Fsp3) is 0.545. The van der Waals surface area contributed by atoms with Gasteiger partial charge >= 0.3 is 29.6 Å². The number of ether oxygens (including phenoxy) is 3. The minimum atomic E-state index is -2.08. The number of halogens is 4. The van der Waals surface area contributed by atoms with Crippen LogP contribution in [0, 0.1) is 58.8 Å². The predicted molar refractivity (Wildman–Crippen MR) is 265 cm³/mol. The number of hydrogen-bond acceptors (Lipinski definition) is 6. The Balaban J connectivity index is 0.000000515. The molecular formula is C55H77F4NaO8S. The van der Waals surface area contributed by atoms with Crippen LogP contribution in [0.3, 0.4) is 0 Å². The monoisotopic (exact) mass is 997 g/mol. The van der Waals surface area contributed by atoms with Gasteiger partial charge in [-0.05, 0) is 212 Å². The van der Waals surface area contributed by atoms with Gasteiger partial charge < -0.3 is 34.5 Å². The molecule has 8 rings (SSSR count). The van der Waals surface area contributed by atoms with Gasteiger partial charge in [-0.1, -0.05) is 49.9 Å². The summed E-state index contributed by atoms with van der Waals surface area (Å²) < 4.78 is 92.6. The first-order valence-corrected chi connectivity index (χ1v) is 25.1. The average molecular weight is 997 g/mol. The molecule has 4 aliphatic carbocycles. The molecule has 0 aromatic heterocycles. The van der Waals surface area contributed by atoms with Crippen LogP contribution in [0.1, 0.15) is 142 Å². The Morgan fingerprint density at radius 3 is 1.39 bits per heavy atom. The zero-order valence-corrected chi connectivity index (χ0v) is 43.4. The van der Waals surface area contributed by atoms with E-state index in [1.807, 2.05) is 0 Å². The van der Waals surface area contributed by atoms with E-state index in [4.69, 9.17) is 14.2 Å². The molecule has 5 aliphatic rings. The Labute approximate surface area is 434 Å².